The molecular weight excluding hydrogens is 352 g/mol. The number of aromatic amines is 1. The van der Waals surface area contributed by atoms with Crippen molar-refractivity contribution >= 4 is 16.8 Å². The first-order valence-corrected chi connectivity index (χ1v) is 9.65. The van der Waals surface area contributed by atoms with Crippen LogP contribution in [0, 0.1) is 0 Å². The minimum atomic E-state index is -0.162. The first-order valence-electron chi connectivity index (χ1n) is 9.65. The van der Waals surface area contributed by atoms with Gasteiger partial charge < -0.3 is 19.8 Å². The van der Waals surface area contributed by atoms with E-state index in [1.54, 1.807) is 14.2 Å². The molecule has 1 aromatic heterocycles. The number of hydrogen-bond acceptors (Lipinski definition) is 3. The van der Waals surface area contributed by atoms with Crippen molar-refractivity contribution in [2.75, 3.05) is 14.2 Å². The van der Waals surface area contributed by atoms with Gasteiger partial charge in [0.05, 0.1) is 14.2 Å². The molecule has 2 N–H and O–H groups in total. The van der Waals surface area contributed by atoms with Gasteiger partial charge in [-0.2, -0.15) is 0 Å². The van der Waals surface area contributed by atoms with Gasteiger partial charge in [-0.3, -0.25) is 4.79 Å². The van der Waals surface area contributed by atoms with Crippen molar-refractivity contribution in [3.05, 3.63) is 59.8 Å². The van der Waals surface area contributed by atoms with Crippen molar-refractivity contribution in [3.8, 4) is 11.5 Å². The fourth-order valence-corrected chi connectivity index (χ4v) is 3.58. The molecule has 3 rings (SSSR count). The Morgan fingerprint density at radius 1 is 1.07 bits per heavy atom. The van der Waals surface area contributed by atoms with E-state index >= 15 is 0 Å². The van der Waals surface area contributed by atoms with E-state index in [0.717, 1.165) is 28.5 Å². The Kier molecular flexibility index (Phi) is 6.24. The number of amides is 1. The molecule has 0 saturated heterocycles. The fourth-order valence-electron chi connectivity index (χ4n) is 3.58. The summed E-state index contributed by atoms with van der Waals surface area (Å²) < 4.78 is 11.2. The van der Waals surface area contributed by atoms with Crippen molar-refractivity contribution in [1.82, 2.24) is 10.3 Å². The van der Waals surface area contributed by atoms with Gasteiger partial charge in [0.15, 0.2) is 11.5 Å². The molecule has 148 valence electrons. The number of benzene rings is 2. The number of methoxy groups -OCH3 is 2. The van der Waals surface area contributed by atoms with Crippen molar-refractivity contribution in [1.29, 1.82) is 0 Å². The van der Waals surface area contributed by atoms with Crippen LogP contribution in [-0.4, -0.2) is 31.2 Å². The van der Waals surface area contributed by atoms with Gasteiger partial charge in [0.1, 0.15) is 0 Å². The van der Waals surface area contributed by atoms with Gasteiger partial charge in [0.25, 0.3) is 0 Å². The fraction of sp³-hybridized carbons (Fsp3) is 0.348. The SMILES string of the molecule is CCC(C)NC(=O)CC(c1cccc(OC)c1OC)c1c[nH]c2ccccc12. The van der Waals surface area contributed by atoms with E-state index in [9.17, 15) is 4.79 Å². The van der Waals surface area contributed by atoms with Crippen LogP contribution in [0.3, 0.4) is 0 Å². The number of hydrogen-bond donors (Lipinski definition) is 2. The van der Waals surface area contributed by atoms with Gasteiger partial charge >= 0.3 is 0 Å². The number of nitrogens with one attached hydrogen (secondary N) is 2. The van der Waals surface area contributed by atoms with Gasteiger partial charge in [-0.05, 0) is 31.0 Å². The lowest BCUT2D eigenvalue weighted by Gasteiger charge is -2.22. The van der Waals surface area contributed by atoms with Crippen LogP contribution in [0.1, 0.15) is 43.7 Å². The van der Waals surface area contributed by atoms with Crippen LogP contribution in [0.2, 0.25) is 0 Å². The Labute approximate surface area is 166 Å². The highest BCUT2D eigenvalue weighted by Gasteiger charge is 2.26. The quantitative estimate of drug-likeness (QED) is 0.599. The largest absolute Gasteiger partial charge is 0.493 e. The van der Waals surface area contributed by atoms with E-state index in [0.29, 0.717) is 17.9 Å². The van der Waals surface area contributed by atoms with Crippen molar-refractivity contribution in [3.63, 3.8) is 0 Å². The predicted octanol–water partition coefficient (Wildman–Crippen LogP) is 4.62. The highest BCUT2D eigenvalue weighted by Crippen LogP contribution is 2.41. The normalized spacial score (nSPS) is 13.1. The van der Waals surface area contributed by atoms with E-state index < -0.39 is 0 Å². The zero-order valence-corrected chi connectivity index (χ0v) is 16.9. The maximum atomic E-state index is 12.8. The third kappa shape index (κ3) is 3.98. The maximum Gasteiger partial charge on any atom is 0.221 e. The molecule has 0 fully saturated rings. The molecule has 3 aromatic rings. The van der Waals surface area contributed by atoms with Crippen molar-refractivity contribution < 1.29 is 14.3 Å². The molecule has 2 atom stereocenters. The number of ether oxygens (including phenoxy) is 2. The lowest BCUT2D eigenvalue weighted by atomic mass is 9.87. The van der Waals surface area contributed by atoms with E-state index in [1.807, 2.05) is 49.5 Å². The maximum absolute atomic E-state index is 12.8. The zero-order chi connectivity index (χ0) is 20.1. The highest BCUT2D eigenvalue weighted by atomic mass is 16.5. The van der Waals surface area contributed by atoms with E-state index in [1.165, 1.54) is 0 Å². The Bertz CT molecular complexity index is 948. The molecule has 0 saturated carbocycles. The second-order valence-corrected chi connectivity index (χ2v) is 7.01. The van der Waals surface area contributed by atoms with Crippen molar-refractivity contribution in [2.24, 2.45) is 0 Å². The number of carbonyl (C=O) groups excluding carboxylic acids is 1. The van der Waals surface area contributed by atoms with Crippen LogP contribution < -0.4 is 14.8 Å². The Morgan fingerprint density at radius 2 is 1.86 bits per heavy atom. The van der Waals surface area contributed by atoms with E-state index in [-0.39, 0.29) is 17.9 Å². The molecule has 0 aliphatic rings. The van der Waals surface area contributed by atoms with Crippen LogP contribution in [0.15, 0.2) is 48.7 Å². The second kappa shape index (κ2) is 8.83. The molecule has 0 aliphatic heterocycles. The number of fused-ring (bicyclic) bond motifs is 1. The Hall–Kier alpha value is -2.95. The molecule has 2 aromatic carbocycles. The molecular formula is C23H28N2O3. The van der Waals surface area contributed by atoms with Gasteiger partial charge in [-0.1, -0.05) is 37.3 Å². The van der Waals surface area contributed by atoms with Crippen molar-refractivity contribution in [2.45, 2.75) is 38.6 Å². The number of rotatable bonds is 8. The first kappa shape index (κ1) is 19.8. The Balaban J connectivity index is 2.09. The monoisotopic (exact) mass is 380 g/mol. The van der Waals surface area contributed by atoms with Gasteiger partial charge in [-0.25, -0.2) is 0 Å². The third-order valence-corrected chi connectivity index (χ3v) is 5.21. The third-order valence-electron chi connectivity index (χ3n) is 5.21. The summed E-state index contributed by atoms with van der Waals surface area (Å²) in [5.74, 6) is 1.18. The highest BCUT2D eigenvalue weighted by molar-refractivity contribution is 5.86. The van der Waals surface area contributed by atoms with Crippen LogP contribution in [0.25, 0.3) is 10.9 Å². The van der Waals surface area contributed by atoms with Crippen LogP contribution in [0.5, 0.6) is 11.5 Å². The van der Waals surface area contributed by atoms with E-state index in [4.69, 9.17) is 9.47 Å². The lowest BCUT2D eigenvalue weighted by molar-refractivity contribution is -0.121. The molecule has 0 spiro atoms. The summed E-state index contributed by atoms with van der Waals surface area (Å²) in [6, 6.07) is 14.1. The number of carbonyl (C=O) groups is 1. The average Bonchev–Trinajstić information content (AvgIpc) is 3.15. The second-order valence-electron chi connectivity index (χ2n) is 7.01. The molecule has 28 heavy (non-hydrogen) atoms. The smallest absolute Gasteiger partial charge is 0.221 e. The molecule has 5 heteroatoms. The zero-order valence-electron chi connectivity index (χ0n) is 16.9. The summed E-state index contributed by atoms with van der Waals surface area (Å²) >= 11 is 0. The minimum Gasteiger partial charge on any atom is -0.493 e. The van der Waals surface area contributed by atoms with Crippen LogP contribution >= 0.6 is 0 Å². The summed E-state index contributed by atoms with van der Waals surface area (Å²) in [6.07, 6.45) is 3.21. The minimum absolute atomic E-state index is 0.0227. The summed E-state index contributed by atoms with van der Waals surface area (Å²) in [5, 5.41) is 4.19. The van der Waals surface area contributed by atoms with E-state index in [2.05, 4.69) is 23.3 Å². The average molecular weight is 380 g/mol. The Morgan fingerprint density at radius 3 is 2.57 bits per heavy atom. The number of aromatic nitrogens is 1. The predicted molar refractivity (Wildman–Crippen MR) is 112 cm³/mol. The molecule has 5 nitrogen and oxygen atoms in total. The van der Waals surface area contributed by atoms with Gasteiger partial charge in [0, 0.05) is 41.0 Å². The first-order chi connectivity index (χ1) is 13.6. The molecule has 0 radical (unpaired) electrons. The standard InChI is InChI=1S/C23H28N2O3/c1-5-15(2)25-22(26)13-18(17-10-8-12-21(27-3)23(17)28-4)19-14-24-20-11-7-6-9-16(19)20/h6-12,14-15,18,24H,5,13H2,1-4H3,(H,25,26). The molecule has 0 aliphatic carbocycles. The molecule has 1 heterocycles. The van der Waals surface area contributed by atoms with Gasteiger partial charge in [-0.15, -0.1) is 0 Å². The van der Waals surface area contributed by atoms with Crippen LogP contribution in [0.4, 0.5) is 0 Å². The molecule has 1 amide bonds. The lowest BCUT2D eigenvalue weighted by Crippen LogP contribution is -2.33. The number of para-hydroxylation sites is 2. The summed E-state index contributed by atoms with van der Waals surface area (Å²) in [4.78, 5) is 16.1. The molecule has 2 unspecified atom stereocenters. The van der Waals surface area contributed by atoms with Crippen LogP contribution in [-0.2, 0) is 4.79 Å². The summed E-state index contributed by atoms with van der Waals surface area (Å²) in [6.45, 7) is 4.08. The summed E-state index contributed by atoms with van der Waals surface area (Å²) in [5.41, 5.74) is 3.05. The molecule has 0 bridgehead atoms. The number of H-pyrrole nitrogens is 1. The van der Waals surface area contributed by atoms with Gasteiger partial charge in [0.2, 0.25) is 5.91 Å². The summed E-state index contributed by atoms with van der Waals surface area (Å²) in [7, 11) is 3.25. The topological polar surface area (TPSA) is 63.4 Å².